The van der Waals surface area contributed by atoms with Gasteiger partial charge in [0.15, 0.2) is 0 Å². The van der Waals surface area contributed by atoms with E-state index in [0.29, 0.717) is 5.75 Å². The molecule has 158 valence electrons. The standard InChI is InChI=1S/C19H32OSi.2CH4O.CH3.Ti/c1-11-9-12(2)18(20)17(10-11)21(7,8)19-15(5)13(3)14(4)16(19)6;2*1-2;;/h9-10,13-16,19-20H,1-8H3;2*2H,1H3;1H3;/q;;;-1;. The Hall–Kier alpha value is -0.129. The van der Waals surface area contributed by atoms with Gasteiger partial charge in [-0.2, -0.15) is 0 Å². The molecule has 4 unspecified atom stereocenters. The van der Waals surface area contributed by atoms with E-state index in [1.807, 2.05) is 6.92 Å². The van der Waals surface area contributed by atoms with Crippen LogP contribution >= 0.6 is 0 Å². The fraction of sp³-hybridized carbons (Fsp3) is 0.682. The fourth-order valence-corrected chi connectivity index (χ4v) is 10.0. The van der Waals surface area contributed by atoms with Gasteiger partial charge in [0.1, 0.15) is 5.75 Å². The van der Waals surface area contributed by atoms with Crippen molar-refractivity contribution < 1.29 is 37.0 Å². The first-order valence-electron chi connectivity index (χ1n) is 9.29. The van der Waals surface area contributed by atoms with Crippen molar-refractivity contribution in [1.29, 1.82) is 0 Å². The van der Waals surface area contributed by atoms with E-state index in [1.165, 1.54) is 10.8 Å². The van der Waals surface area contributed by atoms with E-state index < -0.39 is 8.07 Å². The molecule has 0 bridgehead atoms. The molecule has 0 aliphatic heterocycles. The summed E-state index contributed by atoms with van der Waals surface area (Å²) in [6, 6.07) is 4.34. The van der Waals surface area contributed by atoms with Crippen LogP contribution in [0.5, 0.6) is 5.75 Å². The van der Waals surface area contributed by atoms with Crippen molar-refractivity contribution >= 4 is 13.3 Å². The maximum atomic E-state index is 10.7. The van der Waals surface area contributed by atoms with Crippen LogP contribution in [0.4, 0.5) is 0 Å². The van der Waals surface area contributed by atoms with E-state index in [2.05, 4.69) is 59.8 Å². The van der Waals surface area contributed by atoms with Crippen molar-refractivity contribution in [2.45, 2.75) is 60.2 Å². The first-order valence-corrected chi connectivity index (χ1v) is 12.4. The molecule has 0 heterocycles. The summed E-state index contributed by atoms with van der Waals surface area (Å²) in [6.45, 7) is 18.8. The SMILES string of the molecule is CO.CO.Cc1cc(C)c(O)c([Si](C)(C)C2C(C)C(C)C(C)C2C)c1.[CH3-].[Ti]. The molecule has 27 heavy (non-hydrogen) atoms. The third-order valence-corrected chi connectivity index (χ3v) is 11.1. The number of hydrogen-bond acceptors (Lipinski definition) is 3. The quantitative estimate of drug-likeness (QED) is 0.477. The third-order valence-electron chi connectivity index (χ3n) is 6.59. The van der Waals surface area contributed by atoms with Gasteiger partial charge < -0.3 is 22.7 Å². The van der Waals surface area contributed by atoms with Gasteiger partial charge in [-0.15, -0.1) is 0 Å². The number of phenols is 1. The van der Waals surface area contributed by atoms with Gasteiger partial charge in [-0.05, 0) is 53.8 Å². The topological polar surface area (TPSA) is 60.7 Å². The molecule has 0 spiro atoms. The second-order valence-corrected chi connectivity index (χ2v) is 12.8. The molecular formula is C22H43O3SiTi-. The average molecular weight is 432 g/mol. The minimum atomic E-state index is -1.71. The molecular weight excluding hydrogens is 388 g/mol. The van der Waals surface area contributed by atoms with Gasteiger partial charge in [-0.3, -0.25) is 0 Å². The van der Waals surface area contributed by atoms with Crippen LogP contribution < -0.4 is 5.19 Å². The predicted octanol–water partition coefficient (Wildman–Crippen LogP) is 4.52. The summed E-state index contributed by atoms with van der Waals surface area (Å²) in [6.07, 6.45) is 0. The van der Waals surface area contributed by atoms with E-state index >= 15 is 0 Å². The minimum absolute atomic E-state index is 0. The van der Waals surface area contributed by atoms with Gasteiger partial charge in [-0.25, -0.2) is 0 Å². The van der Waals surface area contributed by atoms with Crippen molar-refractivity contribution in [2.24, 2.45) is 23.7 Å². The van der Waals surface area contributed by atoms with Gasteiger partial charge >= 0.3 is 0 Å². The first kappa shape index (κ1) is 31.6. The maximum Gasteiger partial charge on any atom is 0.117 e. The average Bonchev–Trinajstić information content (AvgIpc) is 2.78. The zero-order valence-electron chi connectivity index (χ0n) is 19.4. The number of benzene rings is 1. The van der Waals surface area contributed by atoms with Crippen LogP contribution in [0.3, 0.4) is 0 Å². The predicted molar refractivity (Wildman–Crippen MR) is 118 cm³/mol. The molecule has 1 aliphatic rings. The van der Waals surface area contributed by atoms with Gasteiger partial charge in [0, 0.05) is 35.9 Å². The van der Waals surface area contributed by atoms with Crippen LogP contribution in [-0.2, 0) is 21.7 Å². The molecule has 0 amide bonds. The molecule has 5 heteroatoms. The molecule has 4 atom stereocenters. The van der Waals surface area contributed by atoms with Crippen molar-refractivity contribution in [3.05, 3.63) is 30.7 Å². The van der Waals surface area contributed by atoms with Crippen molar-refractivity contribution in [2.75, 3.05) is 14.2 Å². The Balaban J connectivity index is -0.000000899. The normalized spacial score (nSPS) is 26.4. The molecule has 0 saturated heterocycles. The molecule has 1 aromatic carbocycles. The zero-order chi connectivity index (χ0) is 20.1. The van der Waals surface area contributed by atoms with Gasteiger partial charge in [0.25, 0.3) is 0 Å². The van der Waals surface area contributed by atoms with Crippen LogP contribution in [0.2, 0.25) is 18.6 Å². The molecule has 3 N–H and O–H groups in total. The summed E-state index contributed by atoms with van der Waals surface area (Å²) in [4.78, 5) is 0. The van der Waals surface area contributed by atoms with Gasteiger partial charge in [-0.1, -0.05) is 58.5 Å². The van der Waals surface area contributed by atoms with Gasteiger partial charge in [0.05, 0.1) is 8.07 Å². The van der Waals surface area contributed by atoms with Crippen molar-refractivity contribution in [1.82, 2.24) is 0 Å². The number of rotatable bonds is 2. The molecule has 0 radical (unpaired) electrons. The summed E-state index contributed by atoms with van der Waals surface area (Å²) in [7, 11) is 0.287. The Morgan fingerprint density at radius 3 is 1.52 bits per heavy atom. The number of aromatic hydroxyl groups is 1. The molecule has 0 aromatic heterocycles. The Morgan fingerprint density at radius 2 is 1.15 bits per heavy atom. The molecule has 1 fully saturated rings. The Kier molecular flexibility index (Phi) is 15.4. The van der Waals surface area contributed by atoms with E-state index in [1.54, 1.807) is 0 Å². The van der Waals surface area contributed by atoms with Crippen LogP contribution in [0.1, 0.15) is 38.8 Å². The molecule has 1 aliphatic carbocycles. The zero-order valence-corrected chi connectivity index (χ0v) is 21.9. The smallest absolute Gasteiger partial charge is 0.117 e. The monoisotopic (exact) mass is 431 g/mol. The van der Waals surface area contributed by atoms with Gasteiger partial charge in [0.2, 0.25) is 0 Å². The number of hydrogen-bond donors (Lipinski definition) is 3. The molecule has 3 nitrogen and oxygen atoms in total. The second kappa shape index (κ2) is 13.2. The number of phenolic OH excluding ortho intramolecular Hbond substituents is 1. The van der Waals surface area contributed by atoms with E-state index in [4.69, 9.17) is 10.2 Å². The Morgan fingerprint density at radius 1 is 0.778 bits per heavy atom. The van der Waals surface area contributed by atoms with E-state index in [9.17, 15) is 5.11 Å². The van der Waals surface area contributed by atoms with E-state index in [-0.39, 0.29) is 29.1 Å². The summed E-state index contributed by atoms with van der Waals surface area (Å²) >= 11 is 0. The Labute approximate surface area is 184 Å². The van der Waals surface area contributed by atoms with Crippen LogP contribution in [-0.4, -0.2) is 37.6 Å². The van der Waals surface area contributed by atoms with E-state index in [0.717, 1.165) is 49.0 Å². The van der Waals surface area contributed by atoms with Crippen LogP contribution in [0.15, 0.2) is 12.1 Å². The van der Waals surface area contributed by atoms with Crippen molar-refractivity contribution in [3.8, 4) is 5.75 Å². The number of aryl methyl sites for hydroxylation is 2. The third kappa shape index (κ3) is 6.43. The second-order valence-electron chi connectivity index (χ2n) is 8.16. The first-order chi connectivity index (χ1) is 11.6. The molecule has 1 saturated carbocycles. The number of aliphatic hydroxyl groups excluding tert-OH is 2. The number of aliphatic hydroxyl groups is 2. The molecule has 2 rings (SSSR count). The molecule has 1 aromatic rings. The van der Waals surface area contributed by atoms with Crippen LogP contribution in [0, 0.1) is 44.9 Å². The minimum Gasteiger partial charge on any atom is -0.508 e. The summed E-state index contributed by atoms with van der Waals surface area (Å²) in [5.41, 5.74) is 3.06. The van der Waals surface area contributed by atoms with Crippen LogP contribution in [0.25, 0.3) is 0 Å². The van der Waals surface area contributed by atoms with Crippen molar-refractivity contribution in [3.63, 3.8) is 0 Å². The largest absolute Gasteiger partial charge is 0.508 e. The fourth-order valence-electron chi connectivity index (χ4n) is 5.04. The summed E-state index contributed by atoms with van der Waals surface area (Å²) < 4.78 is 0. The summed E-state index contributed by atoms with van der Waals surface area (Å²) in [5, 5.41) is 25.9. The maximum absolute atomic E-state index is 10.7. The summed E-state index contributed by atoms with van der Waals surface area (Å²) in [5.74, 6) is 3.62. The Bertz CT molecular complexity index is 535.